The zero-order chi connectivity index (χ0) is 25.9. The third-order valence-electron chi connectivity index (χ3n) is 7.12. The van der Waals surface area contributed by atoms with Crippen molar-refractivity contribution in [2.24, 2.45) is 0 Å². The van der Waals surface area contributed by atoms with Crippen molar-refractivity contribution in [3.05, 3.63) is 47.4 Å². The van der Waals surface area contributed by atoms with Crippen molar-refractivity contribution in [2.45, 2.75) is 75.9 Å². The summed E-state index contributed by atoms with van der Waals surface area (Å²) in [5.74, 6) is -1.32. The molecule has 4 heterocycles. The van der Waals surface area contributed by atoms with Crippen LogP contribution in [0.2, 0.25) is 0 Å². The minimum atomic E-state index is -0.833. The molecule has 0 spiro atoms. The predicted octanol–water partition coefficient (Wildman–Crippen LogP) is 2.89. The Morgan fingerprint density at radius 3 is 2.76 bits per heavy atom. The Morgan fingerprint density at radius 1 is 1.14 bits per heavy atom. The summed E-state index contributed by atoms with van der Waals surface area (Å²) < 4.78 is 11.7. The fraction of sp³-hybridized carbons (Fsp3) is 0.481. The van der Waals surface area contributed by atoms with E-state index in [1.165, 1.54) is 11.3 Å². The standard InChI is InChI=1S/C27H31N3O6S/c1-2-35-27-19(15-23(31)36-27)29-24(32)20-12-7-10-17-9-4-5-11-18(26(34)30(17)20)28-25(33)22-14-16-8-3-6-13-21(16)37-22/h3-6,8,13-14,17-20,27H,2,7,9-12,15H2,1H3,(H,28,33)(H,29,32)/b5-4-/t17-,18-,19?,20-,27?/m0/s1. The van der Waals surface area contributed by atoms with Gasteiger partial charge in [-0.25, -0.2) is 0 Å². The minimum absolute atomic E-state index is 0.0249. The van der Waals surface area contributed by atoms with Gasteiger partial charge in [0.25, 0.3) is 5.91 Å². The van der Waals surface area contributed by atoms with Gasteiger partial charge in [-0.3, -0.25) is 19.2 Å². The topological polar surface area (TPSA) is 114 Å². The third-order valence-corrected chi connectivity index (χ3v) is 8.24. The number of esters is 1. The zero-order valence-electron chi connectivity index (χ0n) is 20.7. The van der Waals surface area contributed by atoms with Gasteiger partial charge in [-0.2, -0.15) is 0 Å². The molecule has 5 atom stereocenters. The Kier molecular flexibility index (Phi) is 7.57. The van der Waals surface area contributed by atoms with Crippen LogP contribution in [0.4, 0.5) is 0 Å². The molecule has 2 unspecified atom stereocenters. The maximum absolute atomic E-state index is 13.8. The lowest BCUT2D eigenvalue weighted by Crippen LogP contribution is -2.62. The normalized spacial score (nSPS) is 28.7. The summed E-state index contributed by atoms with van der Waals surface area (Å²) in [5, 5.41) is 6.79. The van der Waals surface area contributed by atoms with E-state index in [0.29, 0.717) is 30.7 Å². The maximum atomic E-state index is 13.8. The van der Waals surface area contributed by atoms with Gasteiger partial charge in [-0.1, -0.05) is 30.4 Å². The largest absolute Gasteiger partial charge is 0.433 e. The van der Waals surface area contributed by atoms with Crippen LogP contribution >= 0.6 is 11.3 Å². The van der Waals surface area contributed by atoms with E-state index in [2.05, 4.69) is 10.6 Å². The summed E-state index contributed by atoms with van der Waals surface area (Å²) in [4.78, 5) is 54.4. The van der Waals surface area contributed by atoms with E-state index < -0.39 is 30.4 Å². The highest BCUT2D eigenvalue weighted by molar-refractivity contribution is 7.20. The van der Waals surface area contributed by atoms with Gasteiger partial charge in [-0.15, -0.1) is 11.3 Å². The average molecular weight is 526 g/mol. The zero-order valence-corrected chi connectivity index (χ0v) is 21.5. The molecule has 3 aliphatic rings. The number of ether oxygens (including phenoxy) is 2. The fourth-order valence-electron chi connectivity index (χ4n) is 5.36. The third kappa shape index (κ3) is 5.40. The van der Waals surface area contributed by atoms with Crippen molar-refractivity contribution in [1.29, 1.82) is 0 Å². The van der Waals surface area contributed by atoms with Gasteiger partial charge in [0.05, 0.1) is 11.3 Å². The molecule has 196 valence electrons. The average Bonchev–Trinajstić information content (AvgIpc) is 3.47. The Bertz CT molecular complexity index is 1190. The summed E-state index contributed by atoms with van der Waals surface area (Å²) in [5.41, 5.74) is 0. The Balaban J connectivity index is 1.33. The van der Waals surface area contributed by atoms with E-state index in [9.17, 15) is 19.2 Å². The molecule has 3 amide bonds. The minimum Gasteiger partial charge on any atom is -0.433 e. The van der Waals surface area contributed by atoms with Gasteiger partial charge in [0.15, 0.2) is 0 Å². The van der Waals surface area contributed by atoms with Gasteiger partial charge >= 0.3 is 5.97 Å². The number of cyclic esters (lactones) is 1. The molecule has 0 aliphatic carbocycles. The molecule has 2 aromatic rings. The van der Waals surface area contributed by atoms with Crippen molar-refractivity contribution >= 4 is 45.1 Å². The molecule has 2 N–H and O–H groups in total. The van der Waals surface area contributed by atoms with Crippen LogP contribution in [0.25, 0.3) is 10.1 Å². The number of amides is 3. The van der Waals surface area contributed by atoms with E-state index >= 15 is 0 Å². The van der Waals surface area contributed by atoms with Gasteiger partial charge in [0.2, 0.25) is 18.1 Å². The first-order valence-electron chi connectivity index (χ1n) is 12.8. The molecular formula is C27H31N3O6S. The predicted molar refractivity (Wildman–Crippen MR) is 138 cm³/mol. The van der Waals surface area contributed by atoms with Crippen LogP contribution in [0.15, 0.2) is 42.5 Å². The number of hydrogen-bond donors (Lipinski definition) is 2. The Morgan fingerprint density at radius 2 is 1.95 bits per heavy atom. The van der Waals surface area contributed by atoms with Crippen LogP contribution < -0.4 is 10.6 Å². The lowest BCUT2D eigenvalue weighted by Gasteiger charge is -2.43. The van der Waals surface area contributed by atoms with Crippen LogP contribution in [-0.2, 0) is 23.9 Å². The molecule has 2 saturated heterocycles. The molecule has 0 bridgehead atoms. The molecule has 5 rings (SSSR count). The van der Waals surface area contributed by atoms with Gasteiger partial charge in [0.1, 0.15) is 18.1 Å². The Hall–Kier alpha value is -3.24. The molecule has 0 saturated carbocycles. The maximum Gasteiger partial charge on any atom is 0.310 e. The molecule has 1 aromatic heterocycles. The quantitative estimate of drug-likeness (QED) is 0.443. The molecule has 3 aliphatic heterocycles. The number of nitrogens with zero attached hydrogens (tertiary/aromatic N) is 1. The van der Waals surface area contributed by atoms with E-state index in [4.69, 9.17) is 9.47 Å². The molecule has 2 fully saturated rings. The van der Waals surface area contributed by atoms with Crippen molar-refractivity contribution in [3.8, 4) is 0 Å². The first-order valence-corrected chi connectivity index (χ1v) is 13.6. The molecule has 37 heavy (non-hydrogen) atoms. The lowest BCUT2D eigenvalue weighted by atomic mass is 9.90. The lowest BCUT2D eigenvalue weighted by molar-refractivity contribution is -0.165. The SMILES string of the molecule is CCOC1OC(=O)CC1NC(=O)[C@@H]1CCC[C@@H]2C/C=C\C[C@H](NC(=O)c3cc4ccccc4s3)C(=O)N21. The second-order valence-corrected chi connectivity index (χ2v) is 10.7. The number of carbonyl (C=O) groups excluding carboxylic acids is 4. The molecule has 9 nitrogen and oxygen atoms in total. The number of rotatable bonds is 6. The number of thiophene rings is 1. The van der Waals surface area contributed by atoms with Crippen molar-refractivity contribution in [2.75, 3.05) is 6.61 Å². The highest BCUT2D eigenvalue weighted by atomic mass is 32.1. The van der Waals surface area contributed by atoms with Crippen LogP contribution in [0.5, 0.6) is 0 Å². The second kappa shape index (κ2) is 11.0. The van der Waals surface area contributed by atoms with Crippen molar-refractivity contribution in [1.82, 2.24) is 15.5 Å². The van der Waals surface area contributed by atoms with Crippen LogP contribution in [0.3, 0.4) is 0 Å². The van der Waals surface area contributed by atoms with Crippen LogP contribution in [0, 0.1) is 0 Å². The first-order chi connectivity index (χ1) is 17.9. The summed E-state index contributed by atoms with van der Waals surface area (Å²) >= 11 is 1.38. The van der Waals surface area contributed by atoms with Gasteiger partial charge in [-0.05, 0) is 56.5 Å². The highest BCUT2D eigenvalue weighted by Gasteiger charge is 2.44. The van der Waals surface area contributed by atoms with Gasteiger partial charge in [0, 0.05) is 17.3 Å². The van der Waals surface area contributed by atoms with E-state index in [-0.39, 0.29) is 30.2 Å². The molecule has 1 aromatic carbocycles. The van der Waals surface area contributed by atoms with Crippen molar-refractivity contribution in [3.63, 3.8) is 0 Å². The molecule has 10 heteroatoms. The fourth-order valence-corrected chi connectivity index (χ4v) is 6.33. The summed E-state index contributed by atoms with van der Waals surface area (Å²) in [6.45, 7) is 2.13. The number of hydrogen-bond acceptors (Lipinski definition) is 7. The first kappa shape index (κ1) is 25.4. The highest BCUT2D eigenvalue weighted by Crippen LogP contribution is 2.30. The molecular weight excluding hydrogens is 494 g/mol. The Labute approximate surface area is 219 Å². The summed E-state index contributed by atoms with van der Waals surface area (Å²) in [6.07, 6.45) is 6.24. The van der Waals surface area contributed by atoms with Crippen LogP contribution in [0.1, 0.15) is 55.1 Å². The van der Waals surface area contributed by atoms with E-state index in [1.807, 2.05) is 42.5 Å². The van der Waals surface area contributed by atoms with Crippen molar-refractivity contribution < 1.29 is 28.7 Å². The van der Waals surface area contributed by atoms with Crippen LogP contribution in [-0.4, -0.2) is 65.7 Å². The van der Waals surface area contributed by atoms with Gasteiger partial charge < -0.3 is 25.0 Å². The smallest absolute Gasteiger partial charge is 0.310 e. The summed E-state index contributed by atoms with van der Waals surface area (Å²) in [6, 6.07) is 7.38. The number of carbonyl (C=O) groups is 4. The number of piperidine rings is 1. The number of nitrogens with one attached hydrogen (secondary N) is 2. The monoisotopic (exact) mass is 525 g/mol. The number of benzene rings is 1. The number of fused-ring (bicyclic) bond motifs is 2. The molecule has 0 radical (unpaired) electrons. The second-order valence-electron chi connectivity index (χ2n) is 9.60. The van der Waals surface area contributed by atoms with E-state index in [0.717, 1.165) is 22.9 Å². The van der Waals surface area contributed by atoms with E-state index in [1.54, 1.807) is 11.8 Å². The summed E-state index contributed by atoms with van der Waals surface area (Å²) in [7, 11) is 0.